The maximum absolute atomic E-state index is 15.6. The van der Waals surface area contributed by atoms with Crippen LogP contribution in [0.5, 0.6) is 11.6 Å². The van der Waals surface area contributed by atoms with Gasteiger partial charge in [-0.25, -0.2) is 9.18 Å². The number of para-hydroxylation sites is 1. The molecular weight excluding hydrogens is 521 g/mol. The number of fused-ring (bicyclic) bond motifs is 2. The molecule has 1 aliphatic carbocycles. The van der Waals surface area contributed by atoms with Crippen LogP contribution in [0.1, 0.15) is 29.2 Å². The highest BCUT2D eigenvalue weighted by Crippen LogP contribution is 2.44. The molecule has 2 aromatic heterocycles. The Kier molecular flexibility index (Phi) is 6.41. The number of carboxylic acid groups (broad SMARTS) is 1. The first-order valence-electron chi connectivity index (χ1n) is 13.1. The molecule has 2 aliphatic rings. The van der Waals surface area contributed by atoms with E-state index >= 15 is 4.39 Å². The lowest BCUT2D eigenvalue weighted by Crippen LogP contribution is -2.47. The van der Waals surface area contributed by atoms with Crippen molar-refractivity contribution in [3.8, 4) is 11.6 Å². The first-order valence-corrected chi connectivity index (χ1v) is 13.1. The number of benzene rings is 2. The van der Waals surface area contributed by atoms with Crippen LogP contribution >= 0.6 is 0 Å². The minimum atomic E-state index is -1.35. The number of aromatic hydroxyl groups is 1. The molecule has 0 bridgehead atoms. The Hall–Kier alpha value is -4.45. The lowest BCUT2D eigenvalue weighted by atomic mass is 10.1. The fourth-order valence-electron chi connectivity index (χ4n) is 5.75. The second-order valence-electron chi connectivity index (χ2n) is 10.2. The number of methoxy groups -OCH3 is 1. The van der Waals surface area contributed by atoms with E-state index in [1.54, 1.807) is 21.3 Å². The van der Waals surface area contributed by atoms with Crippen molar-refractivity contribution in [3.63, 3.8) is 0 Å². The van der Waals surface area contributed by atoms with Gasteiger partial charge in [0, 0.05) is 56.9 Å². The Morgan fingerprint density at radius 3 is 2.50 bits per heavy atom. The molecule has 1 saturated carbocycles. The van der Waals surface area contributed by atoms with E-state index in [0.29, 0.717) is 50.2 Å². The normalized spacial score (nSPS) is 16.1. The van der Waals surface area contributed by atoms with Crippen molar-refractivity contribution in [1.82, 2.24) is 14.0 Å². The molecule has 40 heavy (non-hydrogen) atoms. The summed E-state index contributed by atoms with van der Waals surface area (Å²) >= 11 is 0. The number of nitrogens with zero attached hydrogens (tertiary/aromatic N) is 5. The van der Waals surface area contributed by atoms with Crippen molar-refractivity contribution in [3.05, 3.63) is 63.0 Å². The number of halogens is 1. The number of anilines is 1. The van der Waals surface area contributed by atoms with E-state index in [4.69, 9.17) is 4.74 Å². The van der Waals surface area contributed by atoms with Crippen LogP contribution in [-0.2, 0) is 6.54 Å². The number of hydrogen-bond acceptors (Lipinski definition) is 8. The van der Waals surface area contributed by atoms with Crippen molar-refractivity contribution in [2.24, 2.45) is 5.18 Å². The molecule has 0 atom stereocenters. The highest BCUT2D eigenvalue weighted by atomic mass is 19.1. The summed E-state index contributed by atoms with van der Waals surface area (Å²) in [5.74, 6) is -1.93. The van der Waals surface area contributed by atoms with Crippen LogP contribution in [0, 0.1) is 10.7 Å². The first-order chi connectivity index (χ1) is 19.3. The summed E-state index contributed by atoms with van der Waals surface area (Å²) in [5.41, 5.74) is 0.292. The summed E-state index contributed by atoms with van der Waals surface area (Å²) in [5, 5.41) is 23.7. The summed E-state index contributed by atoms with van der Waals surface area (Å²) in [6.07, 6.45) is 3.02. The molecule has 6 rings (SSSR count). The highest BCUT2D eigenvalue weighted by Gasteiger charge is 2.32. The summed E-state index contributed by atoms with van der Waals surface area (Å²) in [4.78, 5) is 40.0. The molecule has 4 aromatic rings. The summed E-state index contributed by atoms with van der Waals surface area (Å²) < 4.78 is 24.7. The molecule has 3 heterocycles. The van der Waals surface area contributed by atoms with Crippen molar-refractivity contribution in [1.29, 1.82) is 0 Å². The minimum Gasteiger partial charge on any atom is -0.493 e. The van der Waals surface area contributed by atoms with Gasteiger partial charge in [-0.3, -0.25) is 9.69 Å². The van der Waals surface area contributed by atoms with Gasteiger partial charge >= 0.3 is 5.97 Å². The fraction of sp³-hybridized carbons (Fsp3) is 0.357. The number of rotatable bonds is 8. The van der Waals surface area contributed by atoms with Crippen LogP contribution in [0.15, 0.2) is 46.5 Å². The number of aromatic carboxylic acids is 1. The summed E-state index contributed by atoms with van der Waals surface area (Å²) in [6.45, 7) is 3.21. The van der Waals surface area contributed by atoms with E-state index in [9.17, 15) is 24.7 Å². The van der Waals surface area contributed by atoms with Gasteiger partial charge in [0.15, 0.2) is 17.3 Å². The van der Waals surface area contributed by atoms with Gasteiger partial charge in [0.25, 0.3) is 0 Å². The summed E-state index contributed by atoms with van der Waals surface area (Å²) in [7, 11) is 1.43. The lowest BCUT2D eigenvalue weighted by molar-refractivity contribution is 0.0694. The van der Waals surface area contributed by atoms with Gasteiger partial charge in [-0.2, -0.15) is 0 Å². The van der Waals surface area contributed by atoms with E-state index in [1.807, 2.05) is 17.0 Å². The Morgan fingerprint density at radius 2 is 1.85 bits per heavy atom. The average Bonchev–Trinajstić information content (AvgIpc) is 3.76. The highest BCUT2D eigenvalue weighted by molar-refractivity contribution is 5.97. The maximum atomic E-state index is 15.6. The first kappa shape index (κ1) is 25.8. The quantitative estimate of drug-likeness (QED) is 0.315. The second-order valence-corrected chi connectivity index (χ2v) is 10.2. The molecule has 0 unspecified atom stereocenters. The van der Waals surface area contributed by atoms with Crippen LogP contribution in [0.4, 0.5) is 15.8 Å². The lowest BCUT2D eigenvalue weighted by Gasteiger charge is -2.37. The third-order valence-corrected chi connectivity index (χ3v) is 7.91. The van der Waals surface area contributed by atoms with Crippen LogP contribution in [-0.4, -0.2) is 70.1 Å². The van der Waals surface area contributed by atoms with Gasteiger partial charge in [0.1, 0.15) is 11.3 Å². The van der Waals surface area contributed by atoms with Crippen molar-refractivity contribution >= 4 is 39.1 Å². The predicted octanol–water partition coefficient (Wildman–Crippen LogP) is 4.06. The molecule has 12 heteroatoms. The third-order valence-electron chi connectivity index (χ3n) is 7.91. The molecule has 1 aliphatic heterocycles. The van der Waals surface area contributed by atoms with E-state index in [-0.39, 0.29) is 40.0 Å². The number of aromatic nitrogens is 2. The molecule has 1 saturated heterocycles. The number of piperazine rings is 1. The van der Waals surface area contributed by atoms with Crippen molar-refractivity contribution < 1.29 is 24.1 Å². The molecule has 2 N–H and O–H groups in total. The largest absolute Gasteiger partial charge is 0.493 e. The molecule has 208 valence electrons. The Bertz CT molecular complexity index is 1720. The second kappa shape index (κ2) is 9.94. The minimum absolute atomic E-state index is 0.00789. The Morgan fingerprint density at radius 1 is 1.12 bits per heavy atom. The van der Waals surface area contributed by atoms with Gasteiger partial charge in [-0.15, -0.1) is 4.91 Å². The van der Waals surface area contributed by atoms with E-state index in [0.717, 1.165) is 24.4 Å². The number of carbonyl (C=O) groups is 1. The molecule has 0 amide bonds. The topological polar surface area (TPSA) is 130 Å². The smallest absolute Gasteiger partial charge is 0.341 e. The zero-order valence-corrected chi connectivity index (χ0v) is 21.8. The van der Waals surface area contributed by atoms with Gasteiger partial charge in [-0.1, -0.05) is 18.2 Å². The number of ether oxygens (including phenoxy) is 1. The molecular formula is C28H28FN5O6. The van der Waals surface area contributed by atoms with Crippen LogP contribution in [0.25, 0.3) is 21.8 Å². The van der Waals surface area contributed by atoms with Gasteiger partial charge in [0.2, 0.25) is 11.3 Å². The average molecular weight is 550 g/mol. The zero-order valence-electron chi connectivity index (χ0n) is 21.8. The van der Waals surface area contributed by atoms with Crippen LogP contribution < -0.4 is 15.1 Å². The van der Waals surface area contributed by atoms with E-state index in [1.165, 1.54) is 13.3 Å². The Labute approximate surface area is 227 Å². The standard InChI is InChI=1S/C28H28FN5O6/c1-40-26-23-18(25(35)19(28(37)38)15-34(23)16-6-7-16)14-20(29)24(26)32-11-8-31(9-12-32)10-13-33-21-5-3-2-4-17(21)22(30-39)27(33)36/h2-5,14-16,36H,6-13H2,1H3,(H,37,38). The number of hydrogen-bond donors (Lipinski definition) is 2. The maximum Gasteiger partial charge on any atom is 0.341 e. The number of carboxylic acids is 1. The number of nitroso groups, excluding NO2 is 1. The SMILES string of the molecule is COc1c(N2CCN(CCn3c(O)c(N=O)c4ccccc43)CC2)c(F)cc2c(=O)c(C(=O)O)cn(C3CC3)c12. The molecule has 2 aromatic carbocycles. The molecule has 11 nitrogen and oxygen atoms in total. The molecule has 0 spiro atoms. The van der Waals surface area contributed by atoms with Gasteiger partial charge in [0.05, 0.1) is 23.5 Å². The zero-order chi connectivity index (χ0) is 28.1. The fourth-order valence-corrected chi connectivity index (χ4v) is 5.75. The van der Waals surface area contributed by atoms with Crippen molar-refractivity contribution in [2.75, 3.05) is 44.7 Å². The predicted molar refractivity (Wildman–Crippen MR) is 148 cm³/mol. The number of pyridine rings is 1. The third kappa shape index (κ3) is 4.15. The van der Waals surface area contributed by atoms with Crippen molar-refractivity contribution in [2.45, 2.75) is 25.4 Å². The van der Waals surface area contributed by atoms with Gasteiger partial charge < -0.3 is 29.0 Å². The van der Waals surface area contributed by atoms with Gasteiger partial charge in [-0.05, 0) is 30.2 Å². The summed E-state index contributed by atoms with van der Waals surface area (Å²) in [6, 6.07) is 8.36. The van der Waals surface area contributed by atoms with Crippen LogP contribution in [0.3, 0.4) is 0 Å². The van der Waals surface area contributed by atoms with E-state index < -0.39 is 17.2 Å². The molecule has 0 radical (unpaired) electrons. The molecule has 2 fully saturated rings. The Balaban J connectivity index is 1.26. The van der Waals surface area contributed by atoms with Crippen LogP contribution in [0.2, 0.25) is 0 Å². The van der Waals surface area contributed by atoms with E-state index in [2.05, 4.69) is 10.1 Å². The monoisotopic (exact) mass is 549 g/mol.